The van der Waals surface area contributed by atoms with Crippen molar-refractivity contribution in [1.82, 2.24) is 9.80 Å². The molecule has 0 unspecified atom stereocenters. The van der Waals surface area contributed by atoms with Gasteiger partial charge in [-0.15, -0.1) is 0 Å². The molecule has 1 N–H and O–H groups in total. The summed E-state index contributed by atoms with van der Waals surface area (Å²) < 4.78 is 84.2. The Morgan fingerprint density at radius 2 is 1.59 bits per heavy atom. The Morgan fingerprint density at radius 3 is 2.16 bits per heavy atom. The number of nitrogens with zero attached hydrogens (tertiary/aromatic N) is 2. The van der Waals surface area contributed by atoms with Gasteiger partial charge in [0.2, 0.25) is 0 Å². The standard InChI is InChI=1S/C26H28F6N2O3/c27-23-13-19(3-6-22(23)24(36)34-12-9-20(35)14-34)18-1-4-21(5-2-18)37-15-17-7-10-33(11-8-17)16-25(28,29)26(30,31)32/h1-6,13,17,20,35H,7-12,14-16H2/t20-/m1/s1. The van der Waals surface area contributed by atoms with Gasteiger partial charge in [0.1, 0.15) is 11.6 Å². The number of amides is 1. The second kappa shape index (κ2) is 10.9. The number of alkyl halides is 5. The van der Waals surface area contributed by atoms with Crippen LogP contribution in [0.2, 0.25) is 0 Å². The number of hydrogen-bond donors (Lipinski definition) is 1. The molecule has 2 aliphatic heterocycles. The van der Waals surface area contributed by atoms with Crippen molar-refractivity contribution in [3.63, 3.8) is 0 Å². The maximum Gasteiger partial charge on any atom is 0.454 e. The first kappa shape index (κ1) is 27.3. The number of carbonyl (C=O) groups is 1. The van der Waals surface area contributed by atoms with Crippen LogP contribution in [0.3, 0.4) is 0 Å². The average molecular weight is 531 g/mol. The Kier molecular flexibility index (Phi) is 8.03. The molecule has 1 amide bonds. The second-order valence-corrected chi connectivity index (χ2v) is 9.65. The van der Waals surface area contributed by atoms with Crippen molar-refractivity contribution >= 4 is 5.91 Å². The first-order valence-electron chi connectivity index (χ1n) is 12.1. The lowest BCUT2D eigenvalue weighted by atomic mass is 9.97. The summed E-state index contributed by atoms with van der Waals surface area (Å²) in [4.78, 5) is 15.1. The van der Waals surface area contributed by atoms with E-state index in [4.69, 9.17) is 4.74 Å². The Hall–Kier alpha value is -2.79. The quantitative estimate of drug-likeness (QED) is 0.513. The van der Waals surface area contributed by atoms with Crippen LogP contribution in [0.1, 0.15) is 29.6 Å². The topological polar surface area (TPSA) is 53.0 Å². The minimum Gasteiger partial charge on any atom is -0.493 e. The number of ether oxygens (including phenoxy) is 1. The van der Waals surface area contributed by atoms with Crippen LogP contribution in [-0.2, 0) is 0 Å². The van der Waals surface area contributed by atoms with Crippen molar-refractivity contribution < 1.29 is 41.0 Å². The molecule has 0 spiro atoms. The fourth-order valence-corrected chi connectivity index (χ4v) is 4.60. The number of halogens is 6. The highest BCUT2D eigenvalue weighted by Crippen LogP contribution is 2.36. The minimum atomic E-state index is -5.55. The molecule has 2 heterocycles. The molecule has 0 radical (unpaired) electrons. The van der Waals surface area contributed by atoms with Gasteiger partial charge in [0.25, 0.3) is 5.91 Å². The highest BCUT2D eigenvalue weighted by Gasteiger charge is 2.58. The van der Waals surface area contributed by atoms with Gasteiger partial charge >= 0.3 is 12.1 Å². The lowest BCUT2D eigenvalue weighted by molar-refractivity contribution is -0.287. The monoisotopic (exact) mass is 530 g/mol. The average Bonchev–Trinajstić information content (AvgIpc) is 3.29. The summed E-state index contributed by atoms with van der Waals surface area (Å²) in [6, 6.07) is 11.3. The first-order valence-corrected chi connectivity index (χ1v) is 12.1. The molecule has 2 aromatic carbocycles. The summed E-state index contributed by atoms with van der Waals surface area (Å²) in [5.74, 6) is -5.25. The molecular weight excluding hydrogens is 502 g/mol. The van der Waals surface area contributed by atoms with Crippen molar-refractivity contribution in [3.8, 4) is 16.9 Å². The molecule has 0 aromatic heterocycles. The first-order chi connectivity index (χ1) is 17.4. The van der Waals surface area contributed by atoms with Crippen molar-refractivity contribution in [2.24, 2.45) is 5.92 Å². The maximum atomic E-state index is 14.7. The Bertz CT molecular complexity index is 1080. The van der Waals surface area contributed by atoms with E-state index in [1.54, 1.807) is 30.3 Å². The van der Waals surface area contributed by atoms with Crippen LogP contribution in [0.25, 0.3) is 11.1 Å². The Labute approximate surface area is 210 Å². The Morgan fingerprint density at radius 1 is 0.946 bits per heavy atom. The molecule has 5 nitrogen and oxygen atoms in total. The fraction of sp³-hybridized carbons (Fsp3) is 0.500. The zero-order chi connectivity index (χ0) is 26.8. The third-order valence-electron chi connectivity index (χ3n) is 6.87. The SMILES string of the molecule is O=C(c1ccc(-c2ccc(OCC3CCN(CC(F)(F)C(F)(F)F)CC3)cc2)cc1F)N1CC[C@@H](O)C1. The Balaban J connectivity index is 1.27. The van der Waals surface area contributed by atoms with Crippen molar-refractivity contribution in [3.05, 3.63) is 53.8 Å². The van der Waals surface area contributed by atoms with E-state index in [0.717, 1.165) is 4.90 Å². The lowest BCUT2D eigenvalue weighted by Crippen LogP contribution is -2.49. The van der Waals surface area contributed by atoms with Crippen molar-refractivity contribution in [2.75, 3.05) is 39.3 Å². The number of carbonyl (C=O) groups excluding carboxylic acids is 1. The molecule has 2 aromatic rings. The summed E-state index contributed by atoms with van der Waals surface area (Å²) in [5.41, 5.74) is 1.23. The minimum absolute atomic E-state index is 0.0336. The molecule has 0 saturated carbocycles. The molecule has 0 aliphatic carbocycles. The van der Waals surface area contributed by atoms with Crippen LogP contribution < -0.4 is 4.74 Å². The van der Waals surface area contributed by atoms with E-state index < -0.39 is 36.5 Å². The molecule has 2 fully saturated rings. The van der Waals surface area contributed by atoms with Crippen molar-refractivity contribution in [2.45, 2.75) is 37.5 Å². The summed E-state index contributed by atoms with van der Waals surface area (Å²) in [7, 11) is 0. The molecule has 202 valence electrons. The molecule has 1 atom stereocenters. The smallest absolute Gasteiger partial charge is 0.454 e. The van der Waals surface area contributed by atoms with E-state index in [1.165, 1.54) is 17.0 Å². The number of β-amino-alcohol motifs (C(OH)–C–C–N with tert-alkyl or cyclic N) is 1. The normalized spacial score (nSPS) is 19.9. The molecule has 11 heteroatoms. The van der Waals surface area contributed by atoms with Gasteiger partial charge in [-0.25, -0.2) is 4.39 Å². The third kappa shape index (κ3) is 6.56. The second-order valence-electron chi connectivity index (χ2n) is 9.65. The van der Waals surface area contributed by atoms with E-state index >= 15 is 0 Å². The summed E-state index contributed by atoms with van der Waals surface area (Å²) in [6.07, 6.45) is -4.77. The van der Waals surface area contributed by atoms with Gasteiger partial charge in [0, 0.05) is 13.1 Å². The third-order valence-corrected chi connectivity index (χ3v) is 6.87. The summed E-state index contributed by atoms with van der Waals surface area (Å²) >= 11 is 0. The zero-order valence-corrected chi connectivity index (χ0v) is 20.0. The van der Waals surface area contributed by atoms with Crippen molar-refractivity contribution in [1.29, 1.82) is 0 Å². The van der Waals surface area contributed by atoms with Gasteiger partial charge < -0.3 is 14.7 Å². The van der Waals surface area contributed by atoms with E-state index in [0.29, 0.717) is 49.3 Å². The van der Waals surface area contributed by atoms with E-state index in [-0.39, 0.29) is 31.1 Å². The highest BCUT2D eigenvalue weighted by atomic mass is 19.4. The number of aliphatic hydroxyl groups excluding tert-OH is 1. The van der Waals surface area contributed by atoms with Gasteiger partial charge in [-0.05, 0) is 73.7 Å². The largest absolute Gasteiger partial charge is 0.493 e. The lowest BCUT2D eigenvalue weighted by Gasteiger charge is -2.34. The molecular formula is C26H28F6N2O3. The van der Waals surface area contributed by atoms with Crippen LogP contribution in [0, 0.1) is 11.7 Å². The van der Waals surface area contributed by atoms with Gasteiger partial charge in [0.15, 0.2) is 0 Å². The van der Waals surface area contributed by atoms with Crippen LogP contribution in [0.5, 0.6) is 5.75 Å². The summed E-state index contributed by atoms with van der Waals surface area (Å²) in [5, 5.41) is 9.61. The van der Waals surface area contributed by atoms with Crippen LogP contribution in [-0.4, -0.2) is 78.3 Å². The molecule has 4 rings (SSSR count). The number of aliphatic hydroxyl groups is 1. The number of hydrogen-bond acceptors (Lipinski definition) is 4. The van der Waals surface area contributed by atoms with Crippen LogP contribution in [0.15, 0.2) is 42.5 Å². The van der Waals surface area contributed by atoms with Gasteiger partial charge in [-0.3, -0.25) is 9.69 Å². The van der Waals surface area contributed by atoms with Crippen LogP contribution >= 0.6 is 0 Å². The van der Waals surface area contributed by atoms with E-state index in [2.05, 4.69) is 0 Å². The number of benzene rings is 2. The highest BCUT2D eigenvalue weighted by molar-refractivity contribution is 5.95. The van der Waals surface area contributed by atoms with E-state index in [9.17, 15) is 36.2 Å². The molecule has 2 aliphatic rings. The maximum absolute atomic E-state index is 14.7. The fourth-order valence-electron chi connectivity index (χ4n) is 4.60. The molecule has 37 heavy (non-hydrogen) atoms. The number of rotatable bonds is 7. The summed E-state index contributed by atoms with van der Waals surface area (Å²) in [6.45, 7) is -0.172. The molecule has 0 bridgehead atoms. The van der Waals surface area contributed by atoms with Gasteiger partial charge in [-0.1, -0.05) is 18.2 Å². The van der Waals surface area contributed by atoms with E-state index in [1.807, 2.05) is 0 Å². The zero-order valence-electron chi connectivity index (χ0n) is 20.0. The molecule has 2 saturated heterocycles. The predicted molar refractivity (Wildman–Crippen MR) is 124 cm³/mol. The van der Waals surface area contributed by atoms with Crippen LogP contribution in [0.4, 0.5) is 26.3 Å². The number of piperidine rings is 1. The van der Waals surface area contributed by atoms with Gasteiger partial charge in [-0.2, -0.15) is 22.0 Å². The van der Waals surface area contributed by atoms with Gasteiger partial charge in [0.05, 0.1) is 24.8 Å². The number of likely N-dealkylation sites (tertiary alicyclic amines) is 2. The predicted octanol–water partition coefficient (Wildman–Crippen LogP) is 4.99.